The minimum Gasteiger partial charge on any atom is -0.385 e. The predicted octanol–water partition coefficient (Wildman–Crippen LogP) is 0.209. The lowest BCUT2D eigenvalue weighted by Crippen LogP contribution is -2.10. The van der Waals surface area contributed by atoms with E-state index in [1.54, 1.807) is 13.0 Å². The zero-order valence-corrected chi connectivity index (χ0v) is 7.03. The summed E-state index contributed by atoms with van der Waals surface area (Å²) in [5.41, 5.74) is 5.97. The average Bonchev–Trinajstić information content (AvgIpc) is 2.07. The molecule has 0 saturated heterocycles. The molecule has 0 fully saturated rings. The van der Waals surface area contributed by atoms with Gasteiger partial charge < -0.3 is 10.7 Å². The molecule has 2 aromatic heterocycles. The zero-order chi connectivity index (χ0) is 9.42. The van der Waals surface area contributed by atoms with Crippen molar-refractivity contribution in [2.45, 2.75) is 6.92 Å². The van der Waals surface area contributed by atoms with Gasteiger partial charge in [-0.2, -0.15) is 10.2 Å². The quantitative estimate of drug-likeness (QED) is 0.600. The number of aromatic amines is 1. The van der Waals surface area contributed by atoms with Gasteiger partial charge in [-0.15, -0.1) is 0 Å². The second-order valence-corrected chi connectivity index (χ2v) is 2.81. The van der Waals surface area contributed by atoms with Crippen molar-refractivity contribution in [1.29, 1.82) is 0 Å². The van der Waals surface area contributed by atoms with Crippen LogP contribution in [0.25, 0.3) is 10.8 Å². The highest BCUT2D eigenvalue weighted by molar-refractivity contribution is 5.84. The summed E-state index contributed by atoms with van der Waals surface area (Å²) in [7, 11) is 0. The molecule has 2 heterocycles. The second-order valence-electron chi connectivity index (χ2n) is 2.81. The summed E-state index contributed by atoms with van der Waals surface area (Å²) in [6, 6.07) is 1.68. The number of aromatic nitrogens is 3. The molecular formula is C8H8N4O. The molecule has 2 aromatic rings. The number of H-pyrrole nitrogens is 1. The van der Waals surface area contributed by atoms with Gasteiger partial charge in [0.25, 0.3) is 5.56 Å². The number of nitrogens with one attached hydrogen (secondary N) is 1. The summed E-state index contributed by atoms with van der Waals surface area (Å²) < 4.78 is 0. The third-order valence-corrected chi connectivity index (χ3v) is 1.88. The van der Waals surface area contributed by atoms with E-state index in [1.165, 1.54) is 6.20 Å². The van der Waals surface area contributed by atoms with Crippen molar-refractivity contribution >= 4 is 16.6 Å². The summed E-state index contributed by atoms with van der Waals surface area (Å²) in [6.07, 6.45) is 1.43. The smallest absolute Gasteiger partial charge is 0.259 e. The maximum Gasteiger partial charge on any atom is 0.259 e. The summed E-state index contributed by atoms with van der Waals surface area (Å²) in [6.45, 7) is 1.79. The van der Waals surface area contributed by atoms with E-state index in [1.807, 2.05) is 0 Å². The third kappa shape index (κ3) is 1.14. The molecule has 0 atom stereocenters. The number of hydrogen-bond acceptors (Lipinski definition) is 4. The molecule has 5 nitrogen and oxygen atoms in total. The Morgan fingerprint density at radius 3 is 3.00 bits per heavy atom. The predicted molar refractivity (Wildman–Crippen MR) is 49.3 cm³/mol. The van der Waals surface area contributed by atoms with Gasteiger partial charge in [-0.1, -0.05) is 0 Å². The topological polar surface area (TPSA) is 84.7 Å². The molecule has 0 unspecified atom stereocenters. The molecule has 0 aliphatic heterocycles. The van der Waals surface area contributed by atoms with Crippen LogP contribution < -0.4 is 11.3 Å². The molecule has 0 saturated carbocycles. The Labute approximate surface area is 73.6 Å². The van der Waals surface area contributed by atoms with Crippen LogP contribution in [0.1, 0.15) is 5.69 Å². The number of pyridine rings is 1. The van der Waals surface area contributed by atoms with Crippen LogP contribution in [0.2, 0.25) is 0 Å². The Bertz CT molecular complexity index is 517. The molecule has 3 N–H and O–H groups in total. The Hall–Kier alpha value is -1.91. The first-order valence-corrected chi connectivity index (χ1v) is 3.79. The Morgan fingerprint density at radius 2 is 2.23 bits per heavy atom. The van der Waals surface area contributed by atoms with Gasteiger partial charge in [-0.25, -0.2) is 0 Å². The fourth-order valence-corrected chi connectivity index (χ4v) is 1.24. The molecule has 0 spiro atoms. The molecule has 0 radical (unpaired) electrons. The molecule has 0 bridgehead atoms. The van der Waals surface area contributed by atoms with Gasteiger partial charge in [0.1, 0.15) is 5.82 Å². The monoisotopic (exact) mass is 176 g/mol. The van der Waals surface area contributed by atoms with Crippen LogP contribution in [0.3, 0.4) is 0 Å². The van der Waals surface area contributed by atoms with E-state index in [0.717, 1.165) is 5.39 Å². The van der Waals surface area contributed by atoms with Crippen molar-refractivity contribution in [2.24, 2.45) is 0 Å². The van der Waals surface area contributed by atoms with Gasteiger partial charge in [-0.3, -0.25) is 4.79 Å². The molecule has 0 amide bonds. The third-order valence-electron chi connectivity index (χ3n) is 1.88. The van der Waals surface area contributed by atoms with E-state index >= 15 is 0 Å². The zero-order valence-electron chi connectivity index (χ0n) is 7.03. The molecule has 66 valence electrons. The highest BCUT2D eigenvalue weighted by atomic mass is 16.1. The van der Waals surface area contributed by atoms with Gasteiger partial charge in [0.05, 0.1) is 17.3 Å². The van der Waals surface area contributed by atoms with E-state index < -0.39 is 0 Å². The van der Waals surface area contributed by atoms with Crippen LogP contribution in [0.15, 0.2) is 17.1 Å². The number of nitrogen functional groups attached to an aromatic ring is 1. The van der Waals surface area contributed by atoms with Gasteiger partial charge in [0.15, 0.2) is 0 Å². The number of hydrogen-bond donors (Lipinski definition) is 2. The fourth-order valence-electron chi connectivity index (χ4n) is 1.24. The van der Waals surface area contributed by atoms with E-state index in [4.69, 9.17) is 5.73 Å². The van der Waals surface area contributed by atoms with Gasteiger partial charge >= 0.3 is 0 Å². The highest BCUT2D eigenvalue weighted by Gasteiger charge is 2.03. The Morgan fingerprint density at radius 1 is 1.46 bits per heavy atom. The van der Waals surface area contributed by atoms with Crippen molar-refractivity contribution in [3.05, 3.63) is 28.3 Å². The first-order chi connectivity index (χ1) is 6.18. The lowest BCUT2D eigenvalue weighted by Gasteiger charge is -1.99. The molecule has 0 aromatic carbocycles. The van der Waals surface area contributed by atoms with Gasteiger partial charge in [0.2, 0.25) is 0 Å². The Kier molecular flexibility index (Phi) is 1.51. The van der Waals surface area contributed by atoms with Crippen molar-refractivity contribution in [2.75, 3.05) is 5.73 Å². The second kappa shape index (κ2) is 2.55. The summed E-state index contributed by atoms with van der Waals surface area (Å²) in [5.74, 6) is 0.341. The molecule has 0 aliphatic carbocycles. The normalized spacial score (nSPS) is 10.5. The SMILES string of the molecule is Cc1nncc2c(=O)[nH]c(N)cc12. The van der Waals surface area contributed by atoms with Crippen LogP contribution >= 0.6 is 0 Å². The summed E-state index contributed by atoms with van der Waals surface area (Å²) >= 11 is 0. The summed E-state index contributed by atoms with van der Waals surface area (Å²) in [5, 5.41) is 8.79. The van der Waals surface area contributed by atoms with Crippen molar-refractivity contribution < 1.29 is 0 Å². The molecule has 13 heavy (non-hydrogen) atoms. The molecule has 0 aliphatic rings. The Balaban J connectivity index is 3.03. The standard InChI is InChI=1S/C8H8N4O/c1-4-5-2-7(9)11-8(13)6(5)3-10-12-4/h2-3H,1H3,(H3,9,11,13). The van der Waals surface area contributed by atoms with E-state index in [0.29, 0.717) is 16.9 Å². The molecule has 2 rings (SSSR count). The molecular weight excluding hydrogens is 168 g/mol. The fraction of sp³-hybridized carbons (Fsp3) is 0.125. The summed E-state index contributed by atoms with van der Waals surface area (Å²) in [4.78, 5) is 13.8. The number of nitrogens with two attached hydrogens (primary N) is 1. The van der Waals surface area contributed by atoms with Crippen molar-refractivity contribution in [3.8, 4) is 0 Å². The number of anilines is 1. The number of aryl methyl sites for hydroxylation is 1. The maximum atomic E-state index is 11.3. The number of fused-ring (bicyclic) bond motifs is 1. The van der Waals surface area contributed by atoms with E-state index in [9.17, 15) is 4.79 Å². The van der Waals surface area contributed by atoms with Crippen LogP contribution in [-0.2, 0) is 0 Å². The van der Waals surface area contributed by atoms with E-state index in [2.05, 4.69) is 15.2 Å². The highest BCUT2D eigenvalue weighted by Crippen LogP contribution is 2.12. The van der Waals surface area contributed by atoms with Crippen LogP contribution in [0.4, 0.5) is 5.82 Å². The molecule has 5 heteroatoms. The van der Waals surface area contributed by atoms with Crippen LogP contribution in [-0.4, -0.2) is 15.2 Å². The number of rotatable bonds is 0. The van der Waals surface area contributed by atoms with Crippen molar-refractivity contribution in [3.63, 3.8) is 0 Å². The van der Waals surface area contributed by atoms with Gasteiger partial charge in [0, 0.05) is 5.39 Å². The van der Waals surface area contributed by atoms with Crippen molar-refractivity contribution in [1.82, 2.24) is 15.2 Å². The van der Waals surface area contributed by atoms with Gasteiger partial charge in [-0.05, 0) is 13.0 Å². The minimum atomic E-state index is -0.229. The van der Waals surface area contributed by atoms with Crippen LogP contribution in [0, 0.1) is 6.92 Å². The first-order valence-electron chi connectivity index (χ1n) is 3.79. The number of nitrogens with zero attached hydrogens (tertiary/aromatic N) is 2. The average molecular weight is 176 g/mol. The lowest BCUT2D eigenvalue weighted by atomic mass is 10.2. The largest absolute Gasteiger partial charge is 0.385 e. The maximum absolute atomic E-state index is 11.3. The van der Waals surface area contributed by atoms with E-state index in [-0.39, 0.29) is 5.56 Å². The minimum absolute atomic E-state index is 0.229. The first kappa shape index (κ1) is 7.72. The lowest BCUT2D eigenvalue weighted by molar-refractivity contribution is 0.999. The van der Waals surface area contributed by atoms with Crippen LogP contribution in [0.5, 0.6) is 0 Å².